The number of aromatic nitrogens is 1. The summed E-state index contributed by atoms with van der Waals surface area (Å²) in [4.78, 5) is 23.8. The fourth-order valence-electron chi connectivity index (χ4n) is 1.77. The van der Waals surface area contributed by atoms with Gasteiger partial charge < -0.3 is 0 Å². The van der Waals surface area contributed by atoms with Crippen LogP contribution in [0.2, 0.25) is 0 Å². The zero-order valence-electron chi connectivity index (χ0n) is 9.14. The van der Waals surface area contributed by atoms with Crippen molar-refractivity contribution in [2.45, 2.75) is 19.9 Å². The van der Waals surface area contributed by atoms with Gasteiger partial charge in [0.2, 0.25) is 0 Å². The van der Waals surface area contributed by atoms with Crippen LogP contribution in [-0.2, 0) is 6.54 Å². The molecule has 0 aliphatic rings. The number of rotatable bonds is 2. The van der Waals surface area contributed by atoms with Gasteiger partial charge in [-0.15, -0.1) is 0 Å². The number of benzene rings is 1. The van der Waals surface area contributed by atoms with E-state index < -0.39 is 0 Å². The minimum Gasteiger partial charge on any atom is -0.275 e. The highest BCUT2D eigenvalue weighted by Gasteiger charge is 2.02. The third-order valence-corrected chi connectivity index (χ3v) is 2.56. The first kappa shape index (κ1) is 10.6. The molecule has 0 unspecified atom stereocenters. The zero-order valence-corrected chi connectivity index (χ0v) is 9.14. The van der Waals surface area contributed by atoms with Gasteiger partial charge in [0.05, 0.1) is 0 Å². The molecule has 16 heavy (non-hydrogen) atoms. The summed E-state index contributed by atoms with van der Waals surface area (Å²) in [5, 5.41) is 1.40. The molecule has 1 aromatic heterocycles. The van der Waals surface area contributed by atoms with Gasteiger partial charge in [-0.05, 0) is 23.9 Å². The lowest BCUT2D eigenvalue weighted by molar-refractivity contribution is 0.641. The predicted molar refractivity (Wildman–Crippen MR) is 64.8 cm³/mol. The first-order valence-corrected chi connectivity index (χ1v) is 5.37. The Kier molecular flexibility index (Phi) is 2.86. The summed E-state index contributed by atoms with van der Waals surface area (Å²) in [6.07, 6.45) is 0.771. The van der Waals surface area contributed by atoms with Crippen LogP contribution in [-0.4, -0.2) is 4.57 Å². The molecule has 1 heterocycles. The molecule has 82 valence electrons. The summed E-state index contributed by atoms with van der Waals surface area (Å²) in [6, 6.07) is 10.4. The highest BCUT2D eigenvalue weighted by Crippen LogP contribution is 2.05. The molecule has 0 bridgehead atoms. The highest BCUT2D eigenvalue weighted by atomic mass is 16.2. The lowest BCUT2D eigenvalue weighted by atomic mass is 10.2. The summed E-state index contributed by atoms with van der Waals surface area (Å²) in [6.45, 7) is 2.41. The van der Waals surface area contributed by atoms with E-state index in [-0.39, 0.29) is 11.1 Å². The fourth-order valence-corrected chi connectivity index (χ4v) is 1.77. The standard InChI is InChI=1S/C13H13NO2/c1-2-9-14-12(15)8-7-10-5-3-4-6-11(10)13(14)16/h3-8H,2,9H2,1H3. The van der Waals surface area contributed by atoms with E-state index in [0.717, 1.165) is 11.8 Å². The topological polar surface area (TPSA) is 39.1 Å². The van der Waals surface area contributed by atoms with Crippen LogP contribution in [0.25, 0.3) is 10.8 Å². The number of hydrogen-bond donors (Lipinski definition) is 0. The summed E-state index contributed by atoms with van der Waals surface area (Å²) in [5.41, 5.74) is -0.435. The lowest BCUT2D eigenvalue weighted by Gasteiger charge is -1.97. The van der Waals surface area contributed by atoms with Crippen molar-refractivity contribution in [2.75, 3.05) is 0 Å². The van der Waals surface area contributed by atoms with Crippen molar-refractivity contribution in [2.24, 2.45) is 0 Å². The monoisotopic (exact) mass is 215 g/mol. The van der Waals surface area contributed by atoms with E-state index in [9.17, 15) is 9.59 Å². The number of nitrogens with zero attached hydrogens (tertiary/aromatic N) is 1. The van der Waals surface area contributed by atoms with Crippen LogP contribution in [0.4, 0.5) is 0 Å². The summed E-state index contributed by atoms with van der Waals surface area (Å²) in [7, 11) is 0. The Morgan fingerprint density at radius 2 is 1.81 bits per heavy atom. The van der Waals surface area contributed by atoms with Crippen LogP contribution in [0.15, 0.2) is 46.0 Å². The molecular formula is C13H13NO2. The summed E-state index contributed by atoms with van der Waals surface area (Å²) >= 11 is 0. The molecule has 2 aromatic rings. The van der Waals surface area contributed by atoms with Gasteiger partial charge in [-0.2, -0.15) is 0 Å². The van der Waals surface area contributed by atoms with Crippen LogP contribution in [0.5, 0.6) is 0 Å². The maximum Gasteiger partial charge on any atom is 0.261 e. The molecule has 0 aliphatic carbocycles. The largest absolute Gasteiger partial charge is 0.275 e. The van der Waals surface area contributed by atoms with E-state index in [0.29, 0.717) is 11.9 Å². The molecule has 0 radical (unpaired) electrons. The third-order valence-electron chi connectivity index (χ3n) is 2.56. The van der Waals surface area contributed by atoms with Crippen molar-refractivity contribution in [3.05, 3.63) is 57.1 Å². The Hall–Kier alpha value is -1.90. The van der Waals surface area contributed by atoms with E-state index in [1.807, 2.05) is 25.1 Å². The number of hydrogen-bond acceptors (Lipinski definition) is 2. The van der Waals surface area contributed by atoms with Gasteiger partial charge in [-0.25, -0.2) is 0 Å². The van der Waals surface area contributed by atoms with Crippen LogP contribution in [0, 0.1) is 0 Å². The van der Waals surface area contributed by atoms with E-state index in [2.05, 4.69) is 0 Å². The Morgan fingerprint density at radius 1 is 1.06 bits per heavy atom. The van der Waals surface area contributed by atoms with Gasteiger partial charge in [-0.3, -0.25) is 14.2 Å². The Morgan fingerprint density at radius 3 is 2.56 bits per heavy atom. The van der Waals surface area contributed by atoms with Gasteiger partial charge in [0.15, 0.2) is 0 Å². The number of fused-ring (bicyclic) bond motifs is 1. The van der Waals surface area contributed by atoms with E-state index in [1.54, 1.807) is 12.1 Å². The Labute approximate surface area is 93.0 Å². The highest BCUT2D eigenvalue weighted by molar-refractivity contribution is 5.80. The summed E-state index contributed by atoms with van der Waals surface area (Å²) in [5.74, 6) is 0. The summed E-state index contributed by atoms with van der Waals surface area (Å²) < 4.78 is 1.29. The molecule has 0 saturated heterocycles. The maximum atomic E-state index is 12.1. The zero-order chi connectivity index (χ0) is 11.5. The SMILES string of the molecule is CCCn1c(=O)ccc2ccccc2c1=O. The smallest absolute Gasteiger partial charge is 0.261 e. The molecule has 0 aliphatic heterocycles. The van der Waals surface area contributed by atoms with E-state index in [1.165, 1.54) is 10.6 Å². The lowest BCUT2D eigenvalue weighted by Crippen LogP contribution is -2.29. The van der Waals surface area contributed by atoms with Crippen LogP contribution >= 0.6 is 0 Å². The van der Waals surface area contributed by atoms with Gasteiger partial charge in [0.1, 0.15) is 0 Å². The Balaban J connectivity index is 2.93. The second kappa shape index (κ2) is 4.31. The van der Waals surface area contributed by atoms with Crippen LogP contribution in [0.3, 0.4) is 0 Å². The van der Waals surface area contributed by atoms with Crippen molar-refractivity contribution in [3.63, 3.8) is 0 Å². The Bertz CT molecular complexity index is 629. The van der Waals surface area contributed by atoms with Gasteiger partial charge >= 0.3 is 0 Å². The first-order valence-electron chi connectivity index (χ1n) is 5.37. The van der Waals surface area contributed by atoms with Gasteiger partial charge in [0, 0.05) is 18.0 Å². The van der Waals surface area contributed by atoms with Crippen LogP contribution < -0.4 is 11.1 Å². The maximum absolute atomic E-state index is 12.1. The third kappa shape index (κ3) is 1.76. The van der Waals surface area contributed by atoms with E-state index >= 15 is 0 Å². The molecule has 2 rings (SSSR count). The molecular weight excluding hydrogens is 202 g/mol. The molecule has 3 nitrogen and oxygen atoms in total. The molecule has 0 spiro atoms. The minimum atomic E-state index is -0.233. The van der Waals surface area contributed by atoms with Crippen molar-refractivity contribution < 1.29 is 0 Å². The molecule has 0 N–H and O–H groups in total. The molecule has 1 aromatic carbocycles. The predicted octanol–water partition coefficient (Wildman–Crippen LogP) is 1.77. The van der Waals surface area contributed by atoms with Crippen molar-refractivity contribution in [1.82, 2.24) is 4.57 Å². The van der Waals surface area contributed by atoms with Gasteiger partial charge in [0.25, 0.3) is 11.1 Å². The normalized spacial score (nSPS) is 10.6. The van der Waals surface area contributed by atoms with E-state index in [4.69, 9.17) is 0 Å². The molecule has 0 fully saturated rings. The van der Waals surface area contributed by atoms with Crippen molar-refractivity contribution in [3.8, 4) is 0 Å². The second-order valence-electron chi connectivity index (χ2n) is 3.72. The van der Waals surface area contributed by atoms with Crippen LogP contribution in [0.1, 0.15) is 13.3 Å². The average molecular weight is 215 g/mol. The van der Waals surface area contributed by atoms with Crippen molar-refractivity contribution in [1.29, 1.82) is 0 Å². The van der Waals surface area contributed by atoms with Gasteiger partial charge in [-0.1, -0.05) is 25.1 Å². The minimum absolute atomic E-state index is 0.201. The van der Waals surface area contributed by atoms with Crippen molar-refractivity contribution >= 4 is 10.8 Å². The fraction of sp³-hybridized carbons (Fsp3) is 0.231. The molecule has 3 heteroatoms. The first-order chi connectivity index (χ1) is 7.74. The quantitative estimate of drug-likeness (QED) is 0.765. The second-order valence-corrected chi connectivity index (χ2v) is 3.72. The molecule has 0 amide bonds. The molecule has 0 atom stereocenters. The molecule has 0 saturated carbocycles. The average Bonchev–Trinajstić information content (AvgIpc) is 2.42.